The monoisotopic (exact) mass is 238 g/mol. The van der Waals surface area contributed by atoms with Gasteiger partial charge in [0.2, 0.25) is 0 Å². The average molecular weight is 238 g/mol. The van der Waals surface area contributed by atoms with Crippen molar-refractivity contribution >= 4 is 0 Å². The first-order chi connectivity index (χ1) is 7.99. The van der Waals surface area contributed by atoms with Crippen LogP contribution in [0.3, 0.4) is 0 Å². The number of methoxy groups -OCH3 is 2. The normalized spacial score (nSPS) is 14.5. The fourth-order valence-electron chi connectivity index (χ4n) is 2.07. The van der Waals surface area contributed by atoms with Gasteiger partial charge in [-0.2, -0.15) is 0 Å². The van der Waals surface area contributed by atoms with E-state index in [1.165, 1.54) is 0 Å². The van der Waals surface area contributed by atoms with Crippen LogP contribution in [0.15, 0.2) is 18.2 Å². The Morgan fingerprint density at radius 3 is 2.29 bits per heavy atom. The summed E-state index contributed by atoms with van der Waals surface area (Å²) >= 11 is 0. The molecular weight excluding hydrogens is 216 g/mol. The summed E-state index contributed by atoms with van der Waals surface area (Å²) < 4.78 is 10.5. The second-order valence-corrected chi connectivity index (χ2v) is 4.50. The Labute approximate surface area is 103 Å². The van der Waals surface area contributed by atoms with Crippen molar-refractivity contribution in [3.63, 3.8) is 0 Å². The van der Waals surface area contributed by atoms with E-state index < -0.39 is 5.60 Å². The second kappa shape index (κ2) is 5.41. The summed E-state index contributed by atoms with van der Waals surface area (Å²) in [6, 6.07) is 5.53. The lowest BCUT2D eigenvalue weighted by molar-refractivity contribution is -0.0159. The van der Waals surface area contributed by atoms with Gasteiger partial charge in [0.25, 0.3) is 0 Å². The Morgan fingerprint density at radius 2 is 1.88 bits per heavy atom. The summed E-state index contributed by atoms with van der Waals surface area (Å²) in [6.07, 6.45) is 0.646. The maximum atomic E-state index is 10.7. The summed E-state index contributed by atoms with van der Waals surface area (Å²) in [5, 5.41) is 10.7. The quantitative estimate of drug-likeness (QED) is 0.857. The molecule has 0 aliphatic rings. The minimum absolute atomic E-state index is 0.120. The van der Waals surface area contributed by atoms with Crippen molar-refractivity contribution in [1.82, 2.24) is 0 Å². The van der Waals surface area contributed by atoms with Crippen LogP contribution in [0.1, 0.15) is 32.8 Å². The highest BCUT2D eigenvalue weighted by Crippen LogP contribution is 2.39. The molecule has 0 saturated heterocycles. The molecule has 1 aromatic rings. The zero-order chi connectivity index (χ0) is 13.1. The zero-order valence-electron chi connectivity index (χ0n) is 11.3. The lowest BCUT2D eigenvalue weighted by Gasteiger charge is -2.33. The van der Waals surface area contributed by atoms with Gasteiger partial charge in [0.05, 0.1) is 19.8 Å². The zero-order valence-corrected chi connectivity index (χ0v) is 11.3. The molecule has 0 spiro atoms. The maximum absolute atomic E-state index is 10.7. The van der Waals surface area contributed by atoms with Crippen LogP contribution in [0.4, 0.5) is 0 Å². The van der Waals surface area contributed by atoms with Crippen molar-refractivity contribution in [2.45, 2.75) is 32.8 Å². The standard InChI is InChI=1S/C14H22O3/c1-6-14(15,10(2)3)12-8-7-11(16-4)9-13(12)17-5/h7-10,15H,6H2,1-5H3. The predicted octanol–water partition coefficient (Wildman–Crippen LogP) is 2.96. The number of ether oxygens (including phenoxy) is 2. The number of benzene rings is 1. The highest BCUT2D eigenvalue weighted by atomic mass is 16.5. The highest BCUT2D eigenvalue weighted by Gasteiger charge is 2.33. The van der Waals surface area contributed by atoms with Crippen molar-refractivity contribution in [2.24, 2.45) is 5.92 Å². The highest BCUT2D eigenvalue weighted by molar-refractivity contribution is 5.44. The SMILES string of the molecule is CCC(O)(c1ccc(OC)cc1OC)C(C)C. The van der Waals surface area contributed by atoms with Gasteiger partial charge in [-0.15, -0.1) is 0 Å². The van der Waals surface area contributed by atoms with E-state index >= 15 is 0 Å². The smallest absolute Gasteiger partial charge is 0.128 e. The second-order valence-electron chi connectivity index (χ2n) is 4.50. The maximum Gasteiger partial charge on any atom is 0.128 e. The van der Waals surface area contributed by atoms with Gasteiger partial charge >= 0.3 is 0 Å². The topological polar surface area (TPSA) is 38.7 Å². The molecule has 0 aromatic heterocycles. The molecule has 1 N–H and O–H groups in total. The average Bonchev–Trinajstić information content (AvgIpc) is 2.36. The van der Waals surface area contributed by atoms with E-state index in [4.69, 9.17) is 9.47 Å². The lowest BCUT2D eigenvalue weighted by Crippen LogP contribution is -2.31. The summed E-state index contributed by atoms with van der Waals surface area (Å²) in [6.45, 7) is 5.99. The Balaban J connectivity index is 3.29. The third kappa shape index (κ3) is 2.55. The van der Waals surface area contributed by atoms with Gasteiger partial charge in [-0.25, -0.2) is 0 Å². The number of aliphatic hydroxyl groups is 1. The molecule has 1 unspecified atom stereocenters. The van der Waals surface area contributed by atoms with Crippen molar-refractivity contribution in [3.8, 4) is 11.5 Å². The molecule has 17 heavy (non-hydrogen) atoms. The van der Waals surface area contributed by atoms with E-state index in [0.29, 0.717) is 12.2 Å². The van der Waals surface area contributed by atoms with Crippen LogP contribution in [0.25, 0.3) is 0 Å². The first-order valence-electron chi connectivity index (χ1n) is 5.94. The van der Waals surface area contributed by atoms with E-state index in [-0.39, 0.29) is 5.92 Å². The van der Waals surface area contributed by atoms with Crippen LogP contribution in [-0.4, -0.2) is 19.3 Å². The van der Waals surface area contributed by atoms with Crippen molar-refractivity contribution in [2.75, 3.05) is 14.2 Å². The molecule has 1 atom stereocenters. The summed E-state index contributed by atoms with van der Waals surface area (Å²) in [5.41, 5.74) is -0.0456. The minimum Gasteiger partial charge on any atom is -0.497 e. The Morgan fingerprint density at radius 1 is 1.24 bits per heavy atom. The third-order valence-electron chi connectivity index (χ3n) is 3.37. The molecule has 1 rings (SSSR count). The molecule has 3 nitrogen and oxygen atoms in total. The molecule has 0 saturated carbocycles. The number of rotatable bonds is 5. The van der Waals surface area contributed by atoms with Crippen LogP contribution in [0.5, 0.6) is 11.5 Å². The first-order valence-corrected chi connectivity index (χ1v) is 5.94. The molecule has 0 aliphatic heterocycles. The molecule has 0 amide bonds. The third-order valence-corrected chi connectivity index (χ3v) is 3.37. The van der Waals surface area contributed by atoms with Gasteiger partial charge in [0.1, 0.15) is 11.5 Å². The first kappa shape index (κ1) is 13.8. The molecule has 0 aliphatic carbocycles. The molecule has 0 fully saturated rings. The predicted molar refractivity (Wildman–Crippen MR) is 68.6 cm³/mol. The van der Waals surface area contributed by atoms with Crippen LogP contribution >= 0.6 is 0 Å². The van der Waals surface area contributed by atoms with E-state index in [2.05, 4.69) is 0 Å². The summed E-state index contributed by atoms with van der Waals surface area (Å²) in [5.74, 6) is 1.52. The van der Waals surface area contributed by atoms with Gasteiger partial charge in [-0.3, -0.25) is 0 Å². The van der Waals surface area contributed by atoms with Crippen LogP contribution in [0.2, 0.25) is 0 Å². The lowest BCUT2D eigenvalue weighted by atomic mass is 9.81. The Bertz CT molecular complexity index is 374. The van der Waals surface area contributed by atoms with E-state index in [1.807, 2.05) is 32.9 Å². The van der Waals surface area contributed by atoms with E-state index in [0.717, 1.165) is 11.3 Å². The van der Waals surface area contributed by atoms with Gasteiger partial charge in [-0.1, -0.05) is 20.8 Å². The molecule has 1 aromatic carbocycles. The number of hydrogen-bond acceptors (Lipinski definition) is 3. The van der Waals surface area contributed by atoms with Crippen molar-refractivity contribution in [1.29, 1.82) is 0 Å². The Kier molecular flexibility index (Phi) is 4.40. The van der Waals surface area contributed by atoms with Crippen LogP contribution in [-0.2, 0) is 5.60 Å². The molecular formula is C14H22O3. The van der Waals surface area contributed by atoms with Crippen molar-refractivity contribution < 1.29 is 14.6 Å². The summed E-state index contributed by atoms with van der Waals surface area (Å²) in [7, 11) is 3.22. The molecule has 3 heteroatoms. The van der Waals surface area contributed by atoms with E-state index in [9.17, 15) is 5.11 Å². The molecule has 96 valence electrons. The Hall–Kier alpha value is -1.22. The van der Waals surface area contributed by atoms with E-state index in [1.54, 1.807) is 20.3 Å². The molecule has 0 bridgehead atoms. The van der Waals surface area contributed by atoms with Gasteiger partial charge in [0, 0.05) is 11.6 Å². The fraction of sp³-hybridized carbons (Fsp3) is 0.571. The van der Waals surface area contributed by atoms with Crippen LogP contribution < -0.4 is 9.47 Å². The van der Waals surface area contributed by atoms with Crippen molar-refractivity contribution in [3.05, 3.63) is 23.8 Å². The number of hydrogen-bond donors (Lipinski definition) is 1. The fourth-order valence-corrected chi connectivity index (χ4v) is 2.07. The van der Waals surface area contributed by atoms with Gasteiger partial charge in [0.15, 0.2) is 0 Å². The summed E-state index contributed by atoms with van der Waals surface area (Å²) in [4.78, 5) is 0. The molecule has 0 radical (unpaired) electrons. The van der Waals surface area contributed by atoms with Gasteiger partial charge < -0.3 is 14.6 Å². The molecule has 0 heterocycles. The minimum atomic E-state index is -0.863. The van der Waals surface area contributed by atoms with Crippen LogP contribution in [0, 0.1) is 5.92 Å². The van der Waals surface area contributed by atoms with Gasteiger partial charge in [-0.05, 0) is 24.5 Å². The largest absolute Gasteiger partial charge is 0.497 e.